The maximum Gasteiger partial charge on any atom is 0.264 e. The molecule has 0 unspecified atom stereocenters. The molecule has 0 aliphatic heterocycles. The van der Waals surface area contributed by atoms with Crippen LogP contribution in [-0.4, -0.2) is 17.9 Å². The molecular formula is C13H9Br2Cl2NOS. The summed E-state index contributed by atoms with van der Waals surface area (Å²) in [6.45, 7) is 0.451. The van der Waals surface area contributed by atoms with Crippen molar-refractivity contribution in [2.45, 2.75) is 6.54 Å². The minimum Gasteiger partial charge on any atom is -0.337 e. The first-order valence-corrected chi connectivity index (χ1v) is 8.68. The van der Waals surface area contributed by atoms with E-state index >= 15 is 0 Å². The number of amides is 1. The van der Waals surface area contributed by atoms with Crippen molar-refractivity contribution in [1.29, 1.82) is 0 Å². The van der Waals surface area contributed by atoms with Crippen LogP contribution in [0.4, 0.5) is 0 Å². The van der Waals surface area contributed by atoms with E-state index in [1.807, 2.05) is 0 Å². The molecule has 0 N–H and O–H groups in total. The van der Waals surface area contributed by atoms with E-state index in [0.29, 0.717) is 21.5 Å². The molecule has 1 aromatic carbocycles. The second-order valence-electron chi connectivity index (χ2n) is 4.17. The molecule has 1 heterocycles. The highest BCUT2D eigenvalue weighted by atomic mass is 79.9. The van der Waals surface area contributed by atoms with Crippen molar-refractivity contribution < 1.29 is 4.79 Å². The number of carbonyl (C=O) groups is 1. The zero-order valence-electron chi connectivity index (χ0n) is 10.3. The Morgan fingerprint density at radius 3 is 2.30 bits per heavy atom. The Kier molecular flexibility index (Phi) is 5.54. The van der Waals surface area contributed by atoms with E-state index in [-0.39, 0.29) is 5.91 Å². The number of rotatable bonds is 3. The van der Waals surface area contributed by atoms with Crippen LogP contribution in [0.3, 0.4) is 0 Å². The fraction of sp³-hybridized carbons (Fsp3) is 0.154. The third kappa shape index (κ3) is 3.98. The number of hydrogen-bond acceptors (Lipinski definition) is 2. The van der Waals surface area contributed by atoms with E-state index in [1.165, 1.54) is 11.3 Å². The van der Waals surface area contributed by atoms with Crippen LogP contribution >= 0.6 is 66.4 Å². The van der Waals surface area contributed by atoms with Crippen molar-refractivity contribution in [1.82, 2.24) is 4.90 Å². The molecular weight excluding hydrogens is 449 g/mol. The van der Waals surface area contributed by atoms with Crippen LogP contribution in [0, 0.1) is 0 Å². The van der Waals surface area contributed by atoms with E-state index in [1.54, 1.807) is 36.2 Å². The summed E-state index contributed by atoms with van der Waals surface area (Å²) in [6, 6.07) is 7.08. The third-order valence-corrected chi connectivity index (χ3v) is 6.23. The molecule has 0 atom stereocenters. The second kappa shape index (κ2) is 6.79. The summed E-state index contributed by atoms with van der Waals surface area (Å²) in [7, 11) is 1.75. The second-order valence-corrected chi connectivity index (χ2v) is 8.27. The lowest BCUT2D eigenvalue weighted by molar-refractivity contribution is 0.0790. The van der Waals surface area contributed by atoms with E-state index in [2.05, 4.69) is 31.9 Å². The number of nitrogens with zero attached hydrogens (tertiary/aromatic N) is 1. The lowest BCUT2D eigenvalue weighted by atomic mass is 10.2. The van der Waals surface area contributed by atoms with E-state index in [9.17, 15) is 4.79 Å². The van der Waals surface area contributed by atoms with Crippen molar-refractivity contribution in [3.8, 4) is 0 Å². The van der Waals surface area contributed by atoms with Crippen molar-refractivity contribution >= 4 is 72.3 Å². The molecule has 106 valence electrons. The molecule has 0 aliphatic carbocycles. The topological polar surface area (TPSA) is 20.3 Å². The van der Waals surface area contributed by atoms with Gasteiger partial charge in [0, 0.05) is 28.1 Å². The smallest absolute Gasteiger partial charge is 0.264 e. The number of thiophene rings is 1. The number of benzene rings is 1. The van der Waals surface area contributed by atoms with Gasteiger partial charge in [-0.2, -0.15) is 0 Å². The average molecular weight is 458 g/mol. The molecule has 7 heteroatoms. The average Bonchev–Trinajstić information content (AvgIpc) is 2.67. The summed E-state index contributed by atoms with van der Waals surface area (Å²) in [4.78, 5) is 14.6. The summed E-state index contributed by atoms with van der Waals surface area (Å²) in [6.07, 6.45) is 0. The molecule has 2 nitrogen and oxygen atoms in total. The van der Waals surface area contributed by atoms with Crippen molar-refractivity contribution in [3.05, 3.63) is 53.0 Å². The van der Waals surface area contributed by atoms with Gasteiger partial charge in [0.15, 0.2) is 0 Å². The van der Waals surface area contributed by atoms with Crippen LogP contribution in [0.5, 0.6) is 0 Å². The molecule has 0 saturated heterocycles. The van der Waals surface area contributed by atoms with E-state index in [0.717, 1.165) is 13.8 Å². The van der Waals surface area contributed by atoms with Gasteiger partial charge < -0.3 is 4.90 Å². The van der Waals surface area contributed by atoms with Gasteiger partial charge in [-0.15, -0.1) is 11.3 Å². The molecule has 0 aliphatic rings. The molecule has 0 fully saturated rings. The first kappa shape index (κ1) is 16.3. The maximum atomic E-state index is 12.3. The minimum absolute atomic E-state index is 0.0440. The Morgan fingerprint density at radius 1 is 1.20 bits per heavy atom. The minimum atomic E-state index is -0.0440. The Hall–Kier alpha value is -0.0700. The summed E-state index contributed by atoms with van der Waals surface area (Å²) in [5.41, 5.74) is 0.896. The monoisotopic (exact) mass is 455 g/mol. The van der Waals surface area contributed by atoms with Crippen LogP contribution < -0.4 is 0 Å². The van der Waals surface area contributed by atoms with Crippen LogP contribution in [-0.2, 0) is 6.54 Å². The Balaban J connectivity index is 2.15. The fourth-order valence-corrected chi connectivity index (χ4v) is 4.29. The quantitative estimate of drug-likeness (QED) is 0.566. The molecule has 0 bridgehead atoms. The van der Waals surface area contributed by atoms with Crippen molar-refractivity contribution in [3.63, 3.8) is 0 Å². The molecule has 1 amide bonds. The highest BCUT2D eigenvalue weighted by Gasteiger charge is 2.16. The van der Waals surface area contributed by atoms with Gasteiger partial charge in [0.25, 0.3) is 5.91 Å². The zero-order valence-corrected chi connectivity index (χ0v) is 15.8. The van der Waals surface area contributed by atoms with Crippen LogP contribution in [0.1, 0.15) is 15.2 Å². The van der Waals surface area contributed by atoms with Gasteiger partial charge in [0.05, 0.1) is 8.66 Å². The van der Waals surface area contributed by atoms with Gasteiger partial charge in [0.1, 0.15) is 0 Å². The lowest BCUT2D eigenvalue weighted by Gasteiger charge is -2.16. The van der Waals surface area contributed by atoms with Gasteiger partial charge in [-0.25, -0.2) is 0 Å². The Labute approximate surface area is 147 Å². The van der Waals surface area contributed by atoms with Crippen LogP contribution in [0.15, 0.2) is 32.5 Å². The van der Waals surface area contributed by atoms with E-state index < -0.39 is 0 Å². The van der Waals surface area contributed by atoms with Gasteiger partial charge in [-0.1, -0.05) is 23.2 Å². The van der Waals surface area contributed by atoms with Crippen molar-refractivity contribution in [2.75, 3.05) is 7.05 Å². The molecule has 0 saturated carbocycles. The molecule has 20 heavy (non-hydrogen) atoms. The maximum absolute atomic E-state index is 12.3. The van der Waals surface area contributed by atoms with Gasteiger partial charge in [0.2, 0.25) is 0 Å². The third-order valence-electron chi connectivity index (χ3n) is 2.54. The molecule has 2 rings (SSSR count). The highest BCUT2D eigenvalue weighted by Crippen LogP contribution is 2.33. The van der Waals surface area contributed by atoms with Crippen molar-refractivity contribution in [2.24, 2.45) is 0 Å². The van der Waals surface area contributed by atoms with Crippen LogP contribution in [0.2, 0.25) is 10.0 Å². The summed E-state index contributed by atoms with van der Waals surface area (Å²) >= 11 is 20.1. The van der Waals surface area contributed by atoms with Gasteiger partial charge in [-0.3, -0.25) is 4.79 Å². The summed E-state index contributed by atoms with van der Waals surface area (Å²) in [5, 5.41) is 1.13. The molecule has 1 aromatic heterocycles. The fourth-order valence-electron chi connectivity index (χ4n) is 1.69. The molecule has 0 radical (unpaired) electrons. The molecule has 0 spiro atoms. The first-order valence-electron chi connectivity index (χ1n) is 5.52. The normalized spacial score (nSPS) is 10.7. The largest absolute Gasteiger partial charge is 0.337 e. The zero-order chi connectivity index (χ0) is 14.9. The summed E-state index contributed by atoms with van der Waals surface area (Å²) in [5.74, 6) is -0.0440. The standard InChI is InChI=1S/C13H9Br2Cl2NOS/c1-18(6-7-2-8(16)4-9(17)3-7)13(19)11-5-10(14)12(15)20-11/h2-5H,6H2,1H3. The Bertz CT molecular complexity index is 620. The molecule has 2 aromatic rings. The van der Waals surface area contributed by atoms with Gasteiger partial charge in [-0.05, 0) is 61.7 Å². The Morgan fingerprint density at radius 2 is 1.80 bits per heavy atom. The number of halogens is 4. The highest BCUT2D eigenvalue weighted by molar-refractivity contribution is 9.13. The SMILES string of the molecule is CN(Cc1cc(Cl)cc(Cl)c1)C(=O)c1cc(Br)c(Br)s1. The number of carbonyl (C=O) groups excluding carboxylic acids is 1. The predicted molar refractivity (Wildman–Crippen MR) is 92.0 cm³/mol. The number of hydrogen-bond donors (Lipinski definition) is 0. The summed E-state index contributed by atoms with van der Waals surface area (Å²) < 4.78 is 1.78. The van der Waals surface area contributed by atoms with Crippen LogP contribution in [0.25, 0.3) is 0 Å². The lowest BCUT2D eigenvalue weighted by Crippen LogP contribution is -2.25. The van der Waals surface area contributed by atoms with Gasteiger partial charge >= 0.3 is 0 Å². The van der Waals surface area contributed by atoms with E-state index in [4.69, 9.17) is 23.2 Å². The first-order chi connectivity index (χ1) is 9.36. The predicted octanol–water partition coefficient (Wildman–Crippen LogP) is 5.85.